The number of benzene rings is 1. The van der Waals surface area contributed by atoms with Crippen LogP contribution < -0.4 is 10.2 Å². The summed E-state index contributed by atoms with van der Waals surface area (Å²) in [5, 5.41) is 3.02. The number of nitrogens with zero attached hydrogens (tertiary/aromatic N) is 1. The van der Waals surface area contributed by atoms with Crippen LogP contribution in [0.4, 0.5) is 11.4 Å². The minimum absolute atomic E-state index is 0.00437. The van der Waals surface area contributed by atoms with E-state index in [-0.39, 0.29) is 23.7 Å². The van der Waals surface area contributed by atoms with Gasteiger partial charge in [0.05, 0.1) is 0 Å². The largest absolute Gasteiger partial charge is 0.326 e. The first-order valence-electron chi connectivity index (χ1n) is 8.22. The third-order valence-corrected chi connectivity index (χ3v) is 4.75. The summed E-state index contributed by atoms with van der Waals surface area (Å²) in [5.41, 5.74) is 2.98. The maximum absolute atomic E-state index is 12.2. The summed E-state index contributed by atoms with van der Waals surface area (Å²) in [6.07, 6.45) is 3.20. The van der Waals surface area contributed by atoms with Gasteiger partial charge in [-0.3, -0.25) is 9.59 Å². The molecule has 2 amide bonds. The number of hydrogen-bond donors (Lipinski definition) is 1. The second-order valence-corrected chi connectivity index (χ2v) is 6.85. The van der Waals surface area contributed by atoms with E-state index in [1.54, 1.807) is 0 Å². The summed E-state index contributed by atoms with van der Waals surface area (Å²) in [7, 11) is 0. The molecule has 1 aromatic rings. The van der Waals surface area contributed by atoms with Gasteiger partial charge >= 0.3 is 0 Å². The van der Waals surface area contributed by atoms with E-state index in [4.69, 9.17) is 0 Å². The number of hydrogen-bond acceptors (Lipinski definition) is 2. The average Bonchev–Trinajstić information content (AvgIpc) is 3.25. The quantitative estimate of drug-likeness (QED) is 0.928. The Morgan fingerprint density at radius 2 is 1.95 bits per heavy atom. The highest BCUT2D eigenvalue weighted by Crippen LogP contribution is 2.37. The fourth-order valence-corrected chi connectivity index (χ4v) is 3.09. The molecular weight excluding hydrogens is 276 g/mol. The van der Waals surface area contributed by atoms with Gasteiger partial charge in [0.1, 0.15) is 0 Å². The maximum atomic E-state index is 12.2. The van der Waals surface area contributed by atoms with Gasteiger partial charge in [-0.15, -0.1) is 0 Å². The zero-order valence-electron chi connectivity index (χ0n) is 13.6. The molecule has 0 spiro atoms. The van der Waals surface area contributed by atoms with Gasteiger partial charge < -0.3 is 10.2 Å². The first-order valence-corrected chi connectivity index (χ1v) is 8.22. The van der Waals surface area contributed by atoms with Crippen molar-refractivity contribution in [2.24, 2.45) is 17.8 Å². The number of amides is 2. The predicted octanol–water partition coefficient (Wildman–Crippen LogP) is 3.22. The maximum Gasteiger partial charge on any atom is 0.229 e. The number of nitrogens with one attached hydrogen (secondary N) is 1. The third kappa shape index (κ3) is 2.87. The Balaban J connectivity index is 1.72. The molecule has 4 nitrogen and oxygen atoms in total. The van der Waals surface area contributed by atoms with Crippen molar-refractivity contribution in [2.45, 2.75) is 40.0 Å². The summed E-state index contributed by atoms with van der Waals surface area (Å²) in [6, 6.07) is 5.88. The highest BCUT2D eigenvalue weighted by Gasteiger charge is 2.33. The lowest BCUT2D eigenvalue weighted by atomic mass is 10.1. The summed E-state index contributed by atoms with van der Waals surface area (Å²) in [4.78, 5) is 26.2. The fraction of sp³-hybridized carbons (Fsp3) is 0.556. The van der Waals surface area contributed by atoms with Crippen LogP contribution in [-0.4, -0.2) is 18.4 Å². The Bertz CT molecular complexity index is 605. The highest BCUT2D eigenvalue weighted by molar-refractivity contribution is 5.98. The predicted molar refractivity (Wildman–Crippen MR) is 87.9 cm³/mol. The van der Waals surface area contributed by atoms with E-state index in [0.717, 1.165) is 29.9 Å². The minimum Gasteiger partial charge on any atom is -0.326 e. The van der Waals surface area contributed by atoms with Crippen molar-refractivity contribution in [1.29, 1.82) is 0 Å². The van der Waals surface area contributed by atoms with Gasteiger partial charge in [-0.05, 0) is 48.9 Å². The number of carbonyl (C=O) groups is 2. The van der Waals surface area contributed by atoms with E-state index in [1.165, 1.54) is 12.8 Å². The van der Waals surface area contributed by atoms with Crippen LogP contribution in [0.1, 0.15) is 39.2 Å². The Morgan fingerprint density at radius 1 is 1.23 bits per heavy atom. The standard InChI is InChI=1S/C18H24N2O2/c1-11(2)18(22)20-9-8-14-10-15(6-7-16(14)20)19-17(21)12(3)13-4-5-13/h6-7,10-13H,4-5,8-9H2,1-3H3,(H,19,21). The molecule has 1 aliphatic heterocycles. The van der Waals surface area contributed by atoms with Crippen molar-refractivity contribution < 1.29 is 9.59 Å². The molecule has 1 heterocycles. The lowest BCUT2D eigenvalue weighted by molar-refractivity contribution is -0.121. The van der Waals surface area contributed by atoms with Crippen molar-refractivity contribution in [2.75, 3.05) is 16.8 Å². The van der Waals surface area contributed by atoms with E-state index in [0.29, 0.717) is 5.92 Å². The molecule has 118 valence electrons. The minimum atomic E-state index is 0.00437. The van der Waals surface area contributed by atoms with Crippen molar-refractivity contribution >= 4 is 23.2 Å². The molecule has 4 heteroatoms. The first kappa shape index (κ1) is 15.1. The molecule has 1 N–H and O–H groups in total. The van der Waals surface area contributed by atoms with Crippen molar-refractivity contribution in [3.63, 3.8) is 0 Å². The molecule has 0 saturated heterocycles. The topological polar surface area (TPSA) is 49.4 Å². The molecule has 1 unspecified atom stereocenters. The Labute approximate surface area is 131 Å². The van der Waals surface area contributed by atoms with Crippen LogP contribution in [0.15, 0.2) is 18.2 Å². The van der Waals surface area contributed by atoms with Crippen LogP contribution in [0.2, 0.25) is 0 Å². The van der Waals surface area contributed by atoms with Crippen LogP contribution in [0.3, 0.4) is 0 Å². The van der Waals surface area contributed by atoms with Gasteiger partial charge in [0.15, 0.2) is 0 Å². The molecule has 1 fully saturated rings. The molecule has 22 heavy (non-hydrogen) atoms. The highest BCUT2D eigenvalue weighted by atomic mass is 16.2. The van der Waals surface area contributed by atoms with E-state index in [9.17, 15) is 9.59 Å². The summed E-state index contributed by atoms with van der Waals surface area (Å²) in [6.45, 7) is 6.59. The summed E-state index contributed by atoms with van der Waals surface area (Å²) in [5.74, 6) is 0.930. The average molecular weight is 300 g/mol. The zero-order chi connectivity index (χ0) is 15.9. The van der Waals surface area contributed by atoms with Gasteiger partial charge in [-0.25, -0.2) is 0 Å². The Morgan fingerprint density at radius 3 is 2.59 bits per heavy atom. The van der Waals surface area contributed by atoms with E-state index in [1.807, 2.05) is 43.9 Å². The number of anilines is 2. The number of rotatable bonds is 4. The van der Waals surface area contributed by atoms with E-state index >= 15 is 0 Å². The van der Waals surface area contributed by atoms with E-state index < -0.39 is 0 Å². The smallest absolute Gasteiger partial charge is 0.229 e. The van der Waals surface area contributed by atoms with Crippen molar-refractivity contribution in [3.8, 4) is 0 Å². The van der Waals surface area contributed by atoms with Gasteiger partial charge in [0.25, 0.3) is 0 Å². The second-order valence-electron chi connectivity index (χ2n) is 6.85. The summed E-state index contributed by atoms with van der Waals surface area (Å²) >= 11 is 0. The van der Waals surface area contributed by atoms with Crippen molar-refractivity contribution in [3.05, 3.63) is 23.8 Å². The third-order valence-electron chi connectivity index (χ3n) is 4.75. The van der Waals surface area contributed by atoms with Gasteiger partial charge in [-0.2, -0.15) is 0 Å². The van der Waals surface area contributed by atoms with Gasteiger partial charge in [0.2, 0.25) is 11.8 Å². The van der Waals surface area contributed by atoms with Crippen molar-refractivity contribution in [1.82, 2.24) is 0 Å². The molecule has 3 rings (SSSR count). The Kier molecular flexibility index (Phi) is 3.94. The molecule has 1 saturated carbocycles. The van der Waals surface area contributed by atoms with E-state index in [2.05, 4.69) is 5.32 Å². The lowest BCUT2D eigenvalue weighted by Crippen LogP contribution is -2.32. The molecule has 0 bridgehead atoms. The normalized spacial score (nSPS) is 18.3. The molecule has 0 aromatic heterocycles. The molecule has 1 aliphatic carbocycles. The van der Waals surface area contributed by atoms with Crippen LogP contribution >= 0.6 is 0 Å². The van der Waals surface area contributed by atoms with Gasteiger partial charge in [-0.1, -0.05) is 20.8 Å². The van der Waals surface area contributed by atoms with Crippen LogP contribution in [-0.2, 0) is 16.0 Å². The molecule has 0 radical (unpaired) electrons. The molecule has 1 aromatic carbocycles. The molecule has 2 aliphatic rings. The summed E-state index contributed by atoms with van der Waals surface area (Å²) < 4.78 is 0. The van der Waals surface area contributed by atoms with Gasteiger partial charge in [0, 0.05) is 29.8 Å². The first-order chi connectivity index (χ1) is 10.5. The lowest BCUT2D eigenvalue weighted by Gasteiger charge is -2.20. The molecule has 1 atom stereocenters. The van der Waals surface area contributed by atoms with Crippen LogP contribution in [0.25, 0.3) is 0 Å². The Hall–Kier alpha value is -1.84. The number of fused-ring (bicyclic) bond motifs is 1. The number of carbonyl (C=O) groups excluding carboxylic acids is 2. The van der Waals surface area contributed by atoms with Crippen LogP contribution in [0, 0.1) is 17.8 Å². The SMILES string of the molecule is CC(C)C(=O)N1CCc2cc(NC(=O)C(C)C3CC3)ccc21. The second kappa shape index (κ2) is 5.75. The van der Waals surface area contributed by atoms with Crippen LogP contribution in [0.5, 0.6) is 0 Å². The monoisotopic (exact) mass is 300 g/mol. The molecular formula is C18H24N2O2. The zero-order valence-corrected chi connectivity index (χ0v) is 13.6. The fourth-order valence-electron chi connectivity index (χ4n) is 3.09.